The normalized spacial score (nSPS) is 13.6. The van der Waals surface area contributed by atoms with Crippen LogP contribution in [0.1, 0.15) is 18.4 Å². The topological polar surface area (TPSA) is 152 Å². The van der Waals surface area contributed by atoms with Gasteiger partial charge in [-0.05, 0) is 74.4 Å². The van der Waals surface area contributed by atoms with Gasteiger partial charge in [-0.1, -0.05) is 30.8 Å². The van der Waals surface area contributed by atoms with Crippen LogP contribution in [-0.4, -0.2) is 104 Å². The number of aromatic amines is 1. The number of hydrogen-bond donors (Lipinski definition) is 5. The molecular weight excluding hydrogens is 568 g/mol. The zero-order valence-corrected chi connectivity index (χ0v) is 26.6. The molecule has 0 aliphatic carbocycles. The van der Waals surface area contributed by atoms with Crippen LogP contribution in [0.4, 0.5) is 22.1 Å². The summed E-state index contributed by atoms with van der Waals surface area (Å²) >= 11 is 0. The predicted octanol–water partition coefficient (Wildman–Crippen LogP) is 2.78. The number of likely N-dealkylation sites (N-methyl/N-ethyl adjacent to an activating group) is 1. The van der Waals surface area contributed by atoms with E-state index in [2.05, 4.69) is 46.8 Å². The van der Waals surface area contributed by atoms with Gasteiger partial charge in [0.2, 0.25) is 5.95 Å². The molecule has 3 aromatic rings. The molecule has 2 heterocycles. The second kappa shape index (κ2) is 16.7. The molecule has 0 atom stereocenters. The maximum absolute atomic E-state index is 12.8. The Bertz CT molecular complexity index is 1420. The first-order valence-electron chi connectivity index (χ1n) is 15.6. The summed E-state index contributed by atoms with van der Waals surface area (Å²) in [4.78, 5) is 41.6. The Morgan fingerprint density at radius 1 is 0.956 bits per heavy atom. The van der Waals surface area contributed by atoms with E-state index in [1.807, 2.05) is 62.6 Å². The minimum atomic E-state index is -0.494. The number of nitrogens with zero attached hydrogens (tertiary/aromatic N) is 5. The van der Waals surface area contributed by atoms with E-state index >= 15 is 0 Å². The standard InChI is InChI=1S/C33H48N10O2/c1-25(40(2)3)23-42-18-20-43(21-19-42)29-12-10-28(11-13-29)37-33(45)39-32-36-22-30(31(44)38-32)27-8-6-26(7-9-27)24-41(16-4-14-34)17-5-15-35/h6-13,22H,1,4-5,14-21,23-24,34-35H2,2-3H3,(H3,36,37,38,39,44,45). The Labute approximate surface area is 266 Å². The zero-order valence-electron chi connectivity index (χ0n) is 26.6. The molecule has 0 bridgehead atoms. The Morgan fingerprint density at radius 3 is 2.18 bits per heavy atom. The fourth-order valence-corrected chi connectivity index (χ4v) is 5.20. The van der Waals surface area contributed by atoms with Crippen molar-refractivity contribution in [2.75, 3.05) is 88.5 Å². The molecule has 1 fully saturated rings. The van der Waals surface area contributed by atoms with Crippen molar-refractivity contribution in [3.63, 3.8) is 0 Å². The molecular formula is C33H48N10O2. The van der Waals surface area contributed by atoms with Crippen LogP contribution in [0.5, 0.6) is 0 Å². The molecule has 12 nitrogen and oxygen atoms in total. The van der Waals surface area contributed by atoms with E-state index < -0.39 is 11.6 Å². The smallest absolute Gasteiger partial charge is 0.326 e. The minimum absolute atomic E-state index is 0.0692. The summed E-state index contributed by atoms with van der Waals surface area (Å²) in [6.45, 7) is 12.7. The van der Waals surface area contributed by atoms with Gasteiger partial charge >= 0.3 is 6.03 Å². The maximum Gasteiger partial charge on any atom is 0.326 e. The van der Waals surface area contributed by atoms with Crippen molar-refractivity contribution in [1.29, 1.82) is 0 Å². The second-order valence-electron chi connectivity index (χ2n) is 11.6. The van der Waals surface area contributed by atoms with Crippen LogP contribution in [0.25, 0.3) is 11.1 Å². The molecule has 7 N–H and O–H groups in total. The van der Waals surface area contributed by atoms with Crippen LogP contribution in [0.15, 0.2) is 71.8 Å². The fraction of sp³-hybridized carbons (Fsp3) is 0.424. The van der Waals surface area contributed by atoms with E-state index in [0.717, 1.165) is 87.7 Å². The van der Waals surface area contributed by atoms with Crippen molar-refractivity contribution in [1.82, 2.24) is 24.7 Å². The average molecular weight is 617 g/mol. The number of anilines is 3. The van der Waals surface area contributed by atoms with E-state index in [9.17, 15) is 9.59 Å². The van der Waals surface area contributed by atoms with Gasteiger partial charge in [-0.2, -0.15) is 4.98 Å². The van der Waals surface area contributed by atoms with Crippen LogP contribution in [0.3, 0.4) is 0 Å². The molecule has 1 aliphatic rings. The van der Waals surface area contributed by atoms with Gasteiger partial charge in [-0.25, -0.2) is 4.79 Å². The molecule has 242 valence electrons. The number of hydrogen-bond acceptors (Lipinski definition) is 9. The Hall–Kier alpha value is -4.23. The molecule has 1 aliphatic heterocycles. The number of H-pyrrole nitrogens is 1. The summed E-state index contributed by atoms with van der Waals surface area (Å²) in [5, 5.41) is 5.42. The molecule has 0 radical (unpaired) electrons. The molecule has 45 heavy (non-hydrogen) atoms. The van der Waals surface area contributed by atoms with Gasteiger partial charge in [-0.3, -0.25) is 19.9 Å². The lowest BCUT2D eigenvalue weighted by atomic mass is 10.1. The van der Waals surface area contributed by atoms with E-state index in [1.165, 1.54) is 0 Å². The molecule has 0 unspecified atom stereocenters. The van der Waals surface area contributed by atoms with Gasteiger partial charge in [0.1, 0.15) is 0 Å². The van der Waals surface area contributed by atoms with E-state index in [1.54, 1.807) is 6.20 Å². The van der Waals surface area contributed by atoms with Crippen molar-refractivity contribution >= 4 is 23.4 Å². The van der Waals surface area contributed by atoms with Gasteiger partial charge in [-0.15, -0.1) is 0 Å². The van der Waals surface area contributed by atoms with E-state index in [0.29, 0.717) is 24.3 Å². The van der Waals surface area contributed by atoms with Crippen LogP contribution in [0, 0.1) is 0 Å². The maximum atomic E-state index is 12.8. The number of rotatable bonds is 15. The van der Waals surface area contributed by atoms with Crippen molar-refractivity contribution in [2.24, 2.45) is 11.5 Å². The Kier molecular flexibility index (Phi) is 12.5. The number of urea groups is 1. The summed E-state index contributed by atoms with van der Waals surface area (Å²) < 4.78 is 0. The Balaban J connectivity index is 1.27. The first-order valence-corrected chi connectivity index (χ1v) is 15.6. The number of benzene rings is 2. The monoisotopic (exact) mass is 616 g/mol. The lowest BCUT2D eigenvalue weighted by molar-refractivity contribution is 0.259. The number of nitrogens with one attached hydrogen (secondary N) is 3. The van der Waals surface area contributed by atoms with Crippen LogP contribution in [0.2, 0.25) is 0 Å². The molecule has 4 rings (SSSR count). The first-order chi connectivity index (χ1) is 21.7. The van der Waals surface area contributed by atoms with Gasteiger partial charge in [0.15, 0.2) is 0 Å². The minimum Gasteiger partial charge on any atom is -0.380 e. The summed E-state index contributed by atoms with van der Waals surface area (Å²) in [7, 11) is 4.04. The quantitative estimate of drug-likeness (QED) is 0.174. The lowest BCUT2D eigenvalue weighted by Crippen LogP contribution is -2.47. The molecule has 1 aromatic heterocycles. The van der Waals surface area contributed by atoms with Gasteiger partial charge < -0.3 is 31.6 Å². The third kappa shape index (κ3) is 10.1. The third-order valence-electron chi connectivity index (χ3n) is 7.96. The van der Waals surface area contributed by atoms with Crippen molar-refractivity contribution in [3.05, 3.63) is 82.9 Å². The molecule has 2 aromatic carbocycles. The first kappa shape index (κ1) is 33.7. The van der Waals surface area contributed by atoms with Crippen LogP contribution in [-0.2, 0) is 6.54 Å². The summed E-state index contributed by atoms with van der Waals surface area (Å²) in [5.41, 5.74) is 16.1. The van der Waals surface area contributed by atoms with E-state index in [4.69, 9.17) is 11.5 Å². The lowest BCUT2D eigenvalue weighted by Gasteiger charge is -2.37. The highest BCUT2D eigenvalue weighted by Gasteiger charge is 2.18. The number of carbonyl (C=O) groups is 1. The fourth-order valence-electron chi connectivity index (χ4n) is 5.20. The van der Waals surface area contributed by atoms with Crippen molar-refractivity contribution < 1.29 is 4.79 Å². The molecule has 12 heteroatoms. The van der Waals surface area contributed by atoms with E-state index in [-0.39, 0.29) is 5.95 Å². The van der Waals surface area contributed by atoms with Gasteiger partial charge in [0, 0.05) is 76.6 Å². The molecule has 0 saturated carbocycles. The molecule has 2 amide bonds. The van der Waals surface area contributed by atoms with Crippen LogP contribution < -0.4 is 32.6 Å². The number of amides is 2. The largest absolute Gasteiger partial charge is 0.380 e. The van der Waals surface area contributed by atoms with Crippen LogP contribution >= 0.6 is 0 Å². The average Bonchev–Trinajstić information content (AvgIpc) is 3.03. The predicted molar refractivity (Wildman–Crippen MR) is 183 cm³/mol. The van der Waals surface area contributed by atoms with Crippen molar-refractivity contribution in [3.8, 4) is 11.1 Å². The summed E-state index contributed by atoms with van der Waals surface area (Å²) in [5.74, 6) is 0.0692. The van der Waals surface area contributed by atoms with Crippen molar-refractivity contribution in [2.45, 2.75) is 19.4 Å². The summed E-state index contributed by atoms with van der Waals surface area (Å²) in [6.07, 6.45) is 3.43. The highest BCUT2D eigenvalue weighted by atomic mass is 16.2. The highest BCUT2D eigenvalue weighted by molar-refractivity contribution is 5.98. The zero-order chi connectivity index (χ0) is 32.2. The number of carbonyl (C=O) groups excluding carboxylic acids is 1. The Morgan fingerprint density at radius 2 is 1.60 bits per heavy atom. The van der Waals surface area contributed by atoms with Gasteiger partial charge in [0.25, 0.3) is 5.56 Å². The number of aromatic nitrogens is 2. The summed E-state index contributed by atoms with van der Waals surface area (Å²) in [6, 6.07) is 15.1. The SMILES string of the molecule is C=C(CN1CCN(c2ccc(NC(=O)Nc3nc(=O)c(-c4ccc(CN(CCCN)CCCN)cc4)c[nH]3)cc2)CC1)N(C)C. The number of piperazine rings is 1. The second-order valence-corrected chi connectivity index (χ2v) is 11.6. The third-order valence-corrected chi connectivity index (χ3v) is 7.96. The molecule has 1 saturated heterocycles. The highest BCUT2D eigenvalue weighted by Crippen LogP contribution is 2.21. The van der Waals surface area contributed by atoms with Gasteiger partial charge in [0.05, 0.1) is 5.56 Å². The number of nitrogens with two attached hydrogens (primary N) is 2. The molecule has 0 spiro atoms.